The van der Waals surface area contributed by atoms with Crippen LogP contribution in [0.15, 0.2) is 39.3 Å². The number of benzene rings is 1. The number of nitrogens with one attached hydrogen (secondary N) is 1. The van der Waals surface area contributed by atoms with Gasteiger partial charge in [0.05, 0.1) is 32.2 Å². The fraction of sp³-hybridized carbons (Fsp3) is 0.263. The Morgan fingerprint density at radius 1 is 1.30 bits per heavy atom. The van der Waals surface area contributed by atoms with Crippen LogP contribution < -0.4 is 10.1 Å². The van der Waals surface area contributed by atoms with Crippen molar-refractivity contribution in [2.75, 3.05) is 19.4 Å². The van der Waals surface area contributed by atoms with Crippen LogP contribution in [0.4, 0.5) is 0 Å². The van der Waals surface area contributed by atoms with Gasteiger partial charge in [0.25, 0.3) is 0 Å². The largest absolute Gasteiger partial charge is 0.495 e. The van der Waals surface area contributed by atoms with Crippen LogP contribution in [0, 0.1) is 0 Å². The van der Waals surface area contributed by atoms with Gasteiger partial charge in [-0.25, -0.2) is 0 Å². The number of Topliss-reactive ketones (excluding diaryl/α,β-unsaturated/α-hetero) is 1. The summed E-state index contributed by atoms with van der Waals surface area (Å²) in [4.78, 5) is 24.4. The van der Waals surface area contributed by atoms with Gasteiger partial charge in [0, 0.05) is 19.9 Å². The molecule has 30 heavy (non-hydrogen) atoms. The molecule has 0 aliphatic rings. The second-order valence-electron chi connectivity index (χ2n) is 6.10. The molecule has 0 aliphatic carbocycles. The minimum Gasteiger partial charge on any atom is -0.495 e. The highest BCUT2D eigenvalue weighted by molar-refractivity contribution is 9.11. The highest BCUT2D eigenvalue weighted by Gasteiger charge is 2.18. The summed E-state index contributed by atoms with van der Waals surface area (Å²) in [5.74, 6) is 1.33. The molecule has 0 bridgehead atoms. The van der Waals surface area contributed by atoms with E-state index in [4.69, 9.17) is 16.3 Å². The number of thioether (sulfide) groups is 1. The number of amides is 1. The molecule has 0 fully saturated rings. The number of ether oxygens (including phenoxy) is 1. The number of methoxy groups -OCH3 is 1. The summed E-state index contributed by atoms with van der Waals surface area (Å²) in [6.45, 7) is 1.88. The third kappa shape index (κ3) is 5.63. The van der Waals surface area contributed by atoms with E-state index >= 15 is 0 Å². The van der Waals surface area contributed by atoms with Crippen LogP contribution in [0.1, 0.15) is 22.4 Å². The monoisotopic (exact) mass is 528 g/mol. The van der Waals surface area contributed by atoms with Crippen LogP contribution in [0.3, 0.4) is 0 Å². The molecular weight excluding hydrogens is 512 g/mol. The van der Waals surface area contributed by atoms with Gasteiger partial charge in [-0.05, 0) is 46.3 Å². The van der Waals surface area contributed by atoms with E-state index in [2.05, 4.69) is 31.4 Å². The summed E-state index contributed by atoms with van der Waals surface area (Å²) < 4.78 is 7.98. The van der Waals surface area contributed by atoms with Crippen molar-refractivity contribution in [2.45, 2.75) is 18.5 Å². The van der Waals surface area contributed by atoms with Gasteiger partial charge in [0.1, 0.15) is 11.6 Å². The maximum Gasteiger partial charge on any atom is 0.216 e. The van der Waals surface area contributed by atoms with Gasteiger partial charge in [0.2, 0.25) is 5.91 Å². The molecule has 3 rings (SSSR count). The lowest BCUT2D eigenvalue weighted by Gasteiger charge is -2.12. The molecule has 0 aliphatic heterocycles. The van der Waals surface area contributed by atoms with Crippen molar-refractivity contribution < 1.29 is 14.3 Å². The number of carbonyl (C=O) groups excluding carboxylic acids is 2. The number of aromatic nitrogens is 3. The summed E-state index contributed by atoms with van der Waals surface area (Å²) in [6, 6.07) is 9.01. The first-order valence-corrected chi connectivity index (χ1v) is 11.8. The third-order valence-electron chi connectivity index (χ3n) is 4.00. The third-order valence-corrected chi connectivity index (χ3v) is 6.89. The zero-order chi connectivity index (χ0) is 21.7. The van der Waals surface area contributed by atoms with Crippen molar-refractivity contribution in [1.29, 1.82) is 0 Å². The summed E-state index contributed by atoms with van der Waals surface area (Å²) >= 11 is 12.4. The van der Waals surface area contributed by atoms with Crippen molar-refractivity contribution in [3.63, 3.8) is 0 Å². The summed E-state index contributed by atoms with van der Waals surface area (Å²) in [7, 11) is 1.55. The smallest absolute Gasteiger partial charge is 0.216 e. The molecule has 2 heterocycles. The van der Waals surface area contributed by atoms with Gasteiger partial charge in [-0.15, -0.1) is 21.5 Å². The van der Waals surface area contributed by atoms with Crippen molar-refractivity contribution in [3.8, 4) is 11.4 Å². The number of rotatable bonds is 9. The number of thiophene rings is 1. The minimum atomic E-state index is -0.115. The zero-order valence-electron chi connectivity index (χ0n) is 16.1. The lowest BCUT2D eigenvalue weighted by molar-refractivity contribution is -0.118. The maximum atomic E-state index is 12.5. The average molecular weight is 530 g/mol. The molecule has 0 spiro atoms. The minimum absolute atomic E-state index is 0.0119. The molecule has 2 aromatic heterocycles. The number of halogens is 2. The Hall–Kier alpha value is -1.88. The molecule has 1 aromatic carbocycles. The van der Waals surface area contributed by atoms with E-state index in [1.165, 1.54) is 30.0 Å². The Labute approximate surface area is 195 Å². The first-order chi connectivity index (χ1) is 14.4. The number of hydrogen-bond donors (Lipinski definition) is 1. The van der Waals surface area contributed by atoms with Crippen molar-refractivity contribution in [2.24, 2.45) is 0 Å². The van der Waals surface area contributed by atoms with Gasteiger partial charge in [0.15, 0.2) is 10.9 Å². The Kier molecular flexibility index (Phi) is 7.93. The highest BCUT2D eigenvalue weighted by atomic mass is 79.9. The van der Waals surface area contributed by atoms with Crippen molar-refractivity contribution >= 4 is 62.3 Å². The van der Waals surface area contributed by atoms with Crippen LogP contribution in [0.5, 0.6) is 5.75 Å². The fourth-order valence-electron chi connectivity index (χ4n) is 2.63. The lowest BCUT2D eigenvalue weighted by Crippen LogP contribution is -2.23. The molecule has 11 heteroatoms. The summed E-state index contributed by atoms with van der Waals surface area (Å²) in [5, 5.41) is 12.3. The van der Waals surface area contributed by atoms with Crippen LogP contribution in [-0.2, 0) is 11.2 Å². The van der Waals surface area contributed by atoms with E-state index in [1.807, 2.05) is 16.7 Å². The highest BCUT2D eigenvalue weighted by Crippen LogP contribution is 2.30. The maximum absolute atomic E-state index is 12.5. The zero-order valence-corrected chi connectivity index (χ0v) is 20.1. The summed E-state index contributed by atoms with van der Waals surface area (Å²) in [5.41, 5.74) is 0.748. The molecular formula is C19H18BrClN4O3S2. The topological polar surface area (TPSA) is 86.1 Å². The summed E-state index contributed by atoms with van der Waals surface area (Å²) in [6.07, 6.45) is 0.475. The van der Waals surface area contributed by atoms with E-state index in [1.54, 1.807) is 25.3 Å². The molecule has 7 nitrogen and oxygen atoms in total. The van der Waals surface area contributed by atoms with E-state index in [-0.39, 0.29) is 17.4 Å². The predicted octanol–water partition coefficient (Wildman–Crippen LogP) is 4.41. The van der Waals surface area contributed by atoms with Crippen LogP contribution >= 0.6 is 50.6 Å². The van der Waals surface area contributed by atoms with E-state index < -0.39 is 0 Å². The Morgan fingerprint density at radius 3 is 2.73 bits per heavy atom. The predicted molar refractivity (Wildman–Crippen MR) is 122 cm³/mol. The van der Waals surface area contributed by atoms with Crippen LogP contribution in [0.25, 0.3) is 5.69 Å². The Bertz CT molecular complexity index is 1070. The second-order valence-corrected chi connectivity index (χ2v) is 9.91. The molecule has 3 aromatic rings. The fourth-order valence-corrected chi connectivity index (χ4v) is 5.15. The molecule has 1 amide bonds. The number of carbonyl (C=O) groups is 2. The molecule has 0 radical (unpaired) electrons. The molecule has 1 N–H and O–H groups in total. The van der Waals surface area contributed by atoms with Gasteiger partial charge in [-0.2, -0.15) is 0 Å². The standard InChI is InChI=1S/C19H18BrClN4O3S2/c1-11(26)22-8-7-18-23-24-19(29-10-14(27)16-5-6-17(20)30-16)25(18)12-3-4-15(28-2)13(21)9-12/h3-6,9H,7-8,10H2,1-2H3,(H,22,26). The average Bonchev–Trinajstić information content (AvgIpc) is 3.32. The van der Waals surface area contributed by atoms with Crippen LogP contribution in [0.2, 0.25) is 5.02 Å². The lowest BCUT2D eigenvalue weighted by atomic mass is 10.3. The molecule has 0 unspecified atom stereocenters. The number of hydrogen-bond acceptors (Lipinski definition) is 7. The van der Waals surface area contributed by atoms with Crippen LogP contribution in [-0.4, -0.2) is 45.9 Å². The number of ketones is 1. The first kappa shape index (κ1) is 22.8. The van der Waals surface area contributed by atoms with Gasteiger partial charge in [-0.3, -0.25) is 14.2 Å². The SMILES string of the molecule is COc1ccc(-n2c(CCNC(C)=O)nnc2SCC(=O)c2ccc(Br)s2)cc1Cl. The van der Waals surface area contributed by atoms with Crippen molar-refractivity contribution in [1.82, 2.24) is 20.1 Å². The Balaban J connectivity index is 1.86. The number of nitrogens with zero attached hydrogens (tertiary/aromatic N) is 3. The van der Waals surface area contributed by atoms with E-state index in [0.717, 1.165) is 9.47 Å². The van der Waals surface area contributed by atoms with Gasteiger partial charge >= 0.3 is 0 Å². The first-order valence-electron chi connectivity index (χ1n) is 8.83. The quantitative estimate of drug-likeness (QED) is 0.326. The molecule has 0 saturated heterocycles. The molecule has 158 valence electrons. The van der Waals surface area contributed by atoms with Crippen molar-refractivity contribution in [3.05, 3.63) is 49.8 Å². The van der Waals surface area contributed by atoms with Gasteiger partial charge in [-0.1, -0.05) is 23.4 Å². The molecule has 0 saturated carbocycles. The van der Waals surface area contributed by atoms with E-state index in [9.17, 15) is 9.59 Å². The Morgan fingerprint density at radius 2 is 2.10 bits per heavy atom. The van der Waals surface area contributed by atoms with Gasteiger partial charge < -0.3 is 10.1 Å². The normalized spacial score (nSPS) is 10.8. The molecule has 0 atom stereocenters. The van der Waals surface area contributed by atoms with E-state index in [0.29, 0.717) is 39.6 Å². The second kappa shape index (κ2) is 10.4.